The monoisotopic (exact) mass is 441 g/mol. The third-order valence-corrected chi connectivity index (χ3v) is 6.87. The van der Waals surface area contributed by atoms with Crippen LogP contribution < -0.4 is 19.7 Å². The number of para-hydroxylation sites is 1. The lowest BCUT2D eigenvalue weighted by Crippen LogP contribution is -2.35. The van der Waals surface area contributed by atoms with Crippen LogP contribution in [0.15, 0.2) is 41.3 Å². The Morgan fingerprint density at radius 1 is 1.10 bits per heavy atom. The van der Waals surface area contributed by atoms with Crippen LogP contribution in [0, 0.1) is 0 Å². The predicted octanol–water partition coefficient (Wildman–Crippen LogP) is 3.93. The molecule has 0 fully saturated rings. The minimum absolute atomic E-state index is 0.0378. The van der Waals surface area contributed by atoms with Crippen molar-refractivity contribution in [2.45, 2.75) is 17.7 Å². The standard InChI is InChI=1S/C21H19N3O4S2/c25-19(5-6-20(26)24-7-10-29-17-4-2-1-3-14(17)24)23-21-22-13-11-15-16(12-18(13)30-21)28-9-8-27-15/h1-4,11-12H,5-10H2,(H,22,23,25). The molecule has 9 heteroatoms. The topological polar surface area (TPSA) is 80.8 Å². The summed E-state index contributed by atoms with van der Waals surface area (Å²) in [6.07, 6.45) is 0.273. The van der Waals surface area contributed by atoms with E-state index in [4.69, 9.17) is 9.47 Å². The Balaban J connectivity index is 1.22. The zero-order chi connectivity index (χ0) is 20.5. The van der Waals surface area contributed by atoms with Crippen molar-refractivity contribution in [2.24, 2.45) is 0 Å². The number of benzene rings is 2. The average molecular weight is 442 g/mol. The fourth-order valence-electron chi connectivity index (χ4n) is 3.48. The van der Waals surface area contributed by atoms with Crippen molar-refractivity contribution in [1.29, 1.82) is 0 Å². The van der Waals surface area contributed by atoms with E-state index in [0.29, 0.717) is 36.4 Å². The highest BCUT2D eigenvalue weighted by atomic mass is 32.2. The summed E-state index contributed by atoms with van der Waals surface area (Å²) in [6.45, 7) is 1.70. The van der Waals surface area contributed by atoms with Crippen molar-refractivity contribution in [3.05, 3.63) is 36.4 Å². The zero-order valence-electron chi connectivity index (χ0n) is 16.1. The number of nitrogens with one attached hydrogen (secondary N) is 1. The number of nitrogens with zero attached hydrogens (tertiary/aromatic N) is 2. The Hall–Kier alpha value is -2.78. The van der Waals surface area contributed by atoms with Crippen molar-refractivity contribution in [1.82, 2.24) is 4.98 Å². The summed E-state index contributed by atoms with van der Waals surface area (Å²) in [5.41, 5.74) is 1.68. The van der Waals surface area contributed by atoms with Crippen LogP contribution in [-0.2, 0) is 9.59 Å². The third kappa shape index (κ3) is 3.82. The number of thioether (sulfide) groups is 1. The summed E-state index contributed by atoms with van der Waals surface area (Å²) in [6, 6.07) is 11.6. The van der Waals surface area contributed by atoms with Gasteiger partial charge in [-0.2, -0.15) is 0 Å². The van der Waals surface area contributed by atoms with Gasteiger partial charge >= 0.3 is 0 Å². The molecule has 2 amide bonds. The Morgan fingerprint density at radius 2 is 1.90 bits per heavy atom. The Labute approximate surface area is 181 Å². The lowest BCUT2D eigenvalue weighted by molar-refractivity contribution is -0.122. The van der Waals surface area contributed by atoms with Gasteiger partial charge in [-0.3, -0.25) is 9.59 Å². The van der Waals surface area contributed by atoms with E-state index in [0.717, 1.165) is 26.6 Å². The van der Waals surface area contributed by atoms with Crippen LogP contribution in [0.4, 0.5) is 10.8 Å². The molecule has 7 nitrogen and oxygen atoms in total. The molecule has 154 valence electrons. The molecule has 3 aromatic rings. The van der Waals surface area contributed by atoms with E-state index in [-0.39, 0.29) is 24.7 Å². The normalized spacial score (nSPS) is 15.0. The Kier molecular flexibility index (Phi) is 5.22. The number of carbonyl (C=O) groups is 2. The van der Waals surface area contributed by atoms with E-state index in [1.165, 1.54) is 11.3 Å². The summed E-state index contributed by atoms with van der Waals surface area (Å²) in [4.78, 5) is 32.5. The Morgan fingerprint density at radius 3 is 2.77 bits per heavy atom. The molecule has 1 N–H and O–H groups in total. The third-order valence-electron chi connectivity index (χ3n) is 4.89. The van der Waals surface area contributed by atoms with Crippen molar-refractivity contribution in [3.63, 3.8) is 0 Å². The molecule has 0 spiro atoms. The zero-order valence-corrected chi connectivity index (χ0v) is 17.7. The van der Waals surface area contributed by atoms with E-state index in [1.807, 2.05) is 36.4 Å². The summed E-state index contributed by atoms with van der Waals surface area (Å²) in [7, 11) is 0. The first-order chi connectivity index (χ1) is 14.7. The molecule has 0 unspecified atom stereocenters. The van der Waals surface area contributed by atoms with Crippen molar-refractivity contribution >= 4 is 55.9 Å². The van der Waals surface area contributed by atoms with Gasteiger partial charge in [0, 0.05) is 42.2 Å². The quantitative estimate of drug-likeness (QED) is 0.661. The number of carbonyl (C=O) groups excluding carboxylic acids is 2. The first-order valence-corrected chi connectivity index (χ1v) is 11.5. The summed E-state index contributed by atoms with van der Waals surface area (Å²) in [5, 5.41) is 3.32. The highest BCUT2D eigenvalue weighted by molar-refractivity contribution is 7.99. The number of aromatic nitrogens is 1. The van der Waals surface area contributed by atoms with Gasteiger partial charge in [-0.25, -0.2) is 4.98 Å². The van der Waals surface area contributed by atoms with Gasteiger partial charge in [0.2, 0.25) is 11.8 Å². The molecule has 0 atom stereocenters. The number of amides is 2. The number of anilines is 2. The van der Waals surface area contributed by atoms with Crippen LogP contribution in [0.5, 0.6) is 11.5 Å². The van der Waals surface area contributed by atoms with E-state index in [1.54, 1.807) is 16.7 Å². The second-order valence-corrected chi connectivity index (χ2v) is 9.06. The van der Waals surface area contributed by atoms with Crippen molar-refractivity contribution in [3.8, 4) is 11.5 Å². The molecule has 5 rings (SSSR count). The van der Waals surface area contributed by atoms with Gasteiger partial charge in [0.25, 0.3) is 0 Å². The van der Waals surface area contributed by atoms with E-state index >= 15 is 0 Å². The van der Waals surface area contributed by atoms with Crippen LogP contribution in [0.1, 0.15) is 12.8 Å². The van der Waals surface area contributed by atoms with E-state index < -0.39 is 0 Å². The molecule has 1 aromatic heterocycles. The molecule has 0 aliphatic carbocycles. The van der Waals surface area contributed by atoms with Gasteiger partial charge in [-0.1, -0.05) is 23.5 Å². The molecule has 2 aliphatic rings. The summed E-state index contributed by atoms with van der Waals surface area (Å²) < 4.78 is 12.1. The lowest BCUT2D eigenvalue weighted by Gasteiger charge is -2.28. The van der Waals surface area contributed by atoms with Gasteiger partial charge in [-0.05, 0) is 12.1 Å². The molecule has 0 radical (unpaired) electrons. The van der Waals surface area contributed by atoms with Gasteiger partial charge in [0.15, 0.2) is 16.6 Å². The number of hydrogen-bond donors (Lipinski definition) is 1. The second-order valence-electron chi connectivity index (χ2n) is 6.89. The van der Waals surface area contributed by atoms with Crippen LogP contribution in [0.2, 0.25) is 0 Å². The van der Waals surface area contributed by atoms with Crippen LogP contribution in [0.3, 0.4) is 0 Å². The molecule has 0 saturated heterocycles. The maximum absolute atomic E-state index is 12.7. The molecular formula is C21H19N3O4S2. The number of thiazole rings is 1. The first kappa shape index (κ1) is 19.2. The maximum Gasteiger partial charge on any atom is 0.227 e. The van der Waals surface area contributed by atoms with Crippen molar-refractivity contribution in [2.75, 3.05) is 35.7 Å². The van der Waals surface area contributed by atoms with E-state index in [2.05, 4.69) is 10.3 Å². The Bertz CT molecular complexity index is 1090. The lowest BCUT2D eigenvalue weighted by atomic mass is 10.2. The summed E-state index contributed by atoms with van der Waals surface area (Å²) >= 11 is 3.12. The molecule has 2 aromatic carbocycles. The van der Waals surface area contributed by atoms with Crippen LogP contribution >= 0.6 is 23.1 Å². The summed E-state index contributed by atoms with van der Waals surface area (Å²) in [5.74, 6) is 1.96. The highest BCUT2D eigenvalue weighted by Crippen LogP contribution is 2.38. The number of hydrogen-bond acceptors (Lipinski definition) is 7. The fourth-order valence-corrected chi connectivity index (χ4v) is 5.37. The van der Waals surface area contributed by atoms with Gasteiger partial charge in [0.05, 0.1) is 15.9 Å². The van der Waals surface area contributed by atoms with Gasteiger partial charge in [-0.15, -0.1) is 11.8 Å². The van der Waals surface area contributed by atoms with Gasteiger partial charge < -0.3 is 19.7 Å². The molecule has 2 aliphatic heterocycles. The minimum Gasteiger partial charge on any atom is -0.486 e. The first-order valence-electron chi connectivity index (χ1n) is 9.69. The average Bonchev–Trinajstić information content (AvgIpc) is 3.16. The molecule has 30 heavy (non-hydrogen) atoms. The number of ether oxygens (including phenoxy) is 2. The minimum atomic E-state index is -0.223. The molecule has 0 bridgehead atoms. The molecule has 0 saturated carbocycles. The SMILES string of the molecule is O=C(CCC(=O)N1CCSc2ccccc21)Nc1nc2cc3c(cc2s1)OCCO3. The van der Waals surface area contributed by atoms with Crippen LogP contribution in [0.25, 0.3) is 10.2 Å². The fraction of sp³-hybridized carbons (Fsp3) is 0.286. The smallest absolute Gasteiger partial charge is 0.227 e. The van der Waals surface area contributed by atoms with Gasteiger partial charge in [0.1, 0.15) is 13.2 Å². The largest absolute Gasteiger partial charge is 0.486 e. The second kappa shape index (κ2) is 8.16. The number of rotatable bonds is 4. The molecule has 3 heterocycles. The molecular weight excluding hydrogens is 422 g/mol. The van der Waals surface area contributed by atoms with Crippen LogP contribution in [-0.4, -0.2) is 42.3 Å². The highest BCUT2D eigenvalue weighted by Gasteiger charge is 2.23. The predicted molar refractivity (Wildman–Crippen MR) is 118 cm³/mol. The van der Waals surface area contributed by atoms with E-state index in [9.17, 15) is 9.59 Å². The number of fused-ring (bicyclic) bond motifs is 3. The maximum atomic E-state index is 12.7. The van der Waals surface area contributed by atoms with Crippen molar-refractivity contribution < 1.29 is 19.1 Å².